The number of Topliss-reactive ketones (excluding diaryl/α,β-unsaturated/α-hetero) is 1. The summed E-state index contributed by atoms with van der Waals surface area (Å²) in [6, 6.07) is 8.20. The molecule has 0 N–H and O–H groups in total. The number of benzene rings is 1. The second-order valence-corrected chi connectivity index (χ2v) is 7.85. The number of carbonyl (C=O) groups is 1. The van der Waals surface area contributed by atoms with Gasteiger partial charge in [-0.3, -0.25) is 4.79 Å². The number of rotatable bonds is 4. The van der Waals surface area contributed by atoms with Gasteiger partial charge in [0.25, 0.3) is 0 Å². The smallest absolute Gasteiger partial charge is 0.176 e. The van der Waals surface area contributed by atoms with Crippen LogP contribution in [0.1, 0.15) is 49.0 Å². The third kappa shape index (κ3) is 3.57. The maximum Gasteiger partial charge on any atom is 0.176 e. The fourth-order valence-electron chi connectivity index (χ4n) is 2.34. The van der Waals surface area contributed by atoms with E-state index in [0.717, 1.165) is 17.7 Å². The highest BCUT2D eigenvalue weighted by molar-refractivity contribution is 8.07. The molecule has 1 heterocycles. The fraction of sp³-hybridized carbons (Fsp3) is 0.562. The Balaban J connectivity index is 2.13. The molecular weight excluding hydrogens is 272 g/mol. The van der Waals surface area contributed by atoms with Gasteiger partial charge in [-0.1, -0.05) is 45.0 Å². The molecule has 0 aromatic heterocycles. The monoisotopic (exact) mass is 294 g/mol. The van der Waals surface area contributed by atoms with E-state index in [4.69, 9.17) is 0 Å². The molecule has 2 atom stereocenters. The highest BCUT2D eigenvalue weighted by Gasteiger charge is 2.31. The summed E-state index contributed by atoms with van der Waals surface area (Å²) >= 11 is 3.80. The van der Waals surface area contributed by atoms with Crippen LogP contribution in [0.4, 0.5) is 0 Å². The van der Waals surface area contributed by atoms with Crippen molar-refractivity contribution in [1.29, 1.82) is 0 Å². The van der Waals surface area contributed by atoms with E-state index in [9.17, 15) is 4.79 Å². The lowest BCUT2D eigenvalue weighted by atomic mass is 9.99. The third-order valence-corrected chi connectivity index (χ3v) is 6.82. The Morgan fingerprint density at radius 3 is 2.42 bits per heavy atom. The van der Waals surface area contributed by atoms with Gasteiger partial charge >= 0.3 is 0 Å². The van der Waals surface area contributed by atoms with E-state index in [0.29, 0.717) is 17.0 Å². The summed E-state index contributed by atoms with van der Waals surface area (Å²) in [6.45, 7) is 6.54. The molecule has 0 saturated carbocycles. The van der Waals surface area contributed by atoms with Gasteiger partial charge in [0.2, 0.25) is 0 Å². The molecule has 1 aromatic carbocycles. The molecule has 0 spiro atoms. The lowest BCUT2D eigenvalue weighted by molar-refractivity contribution is 0.0988. The van der Waals surface area contributed by atoms with Crippen molar-refractivity contribution in [2.45, 2.75) is 43.6 Å². The quantitative estimate of drug-likeness (QED) is 0.754. The van der Waals surface area contributed by atoms with Crippen LogP contribution in [-0.4, -0.2) is 27.8 Å². The molecule has 1 aromatic rings. The molecule has 2 rings (SSSR count). The molecule has 1 aliphatic heterocycles. The fourth-order valence-corrected chi connectivity index (χ4v) is 5.37. The third-order valence-electron chi connectivity index (χ3n) is 3.57. The average molecular weight is 294 g/mol. The normalized spacial score (nSPS) is 23.6. The first-order chi connectivity index (χ1) is 9.13. The van der Waals surface area contributed by atoms with Gasteiger partial charge in [-0.05, 0) is 17.9 Å². The second kappa shape index (κ2) is 6.85. The summed E-state index contributed by atoms with van der Waals surface area (Å²) in [6.07, 6.45) is 1.08. The molecule has 1 fully saturated rings. The maximum atomic E-state index is 12.6. The molecule has 19 heavy (non-hydrogen) atoms. The first-order valence-electron chi connectivity index (χ1n) is 7.00. The van der Waals surface area contributed by atoms with Crippen molar-refractivity contribution in [3.05, 3.63) is 35.4 Å². The van der Waals surface area contributed by atoms with Crippen LogP contribution >= 0.6 is 23.5 Å². The predicted octanol–water partition coefficient (Wildman–Crippen LogP) is 4.62. The lowest BCUT2D eigenvalue weighted by Gasteiger charge is -2.28. The van der Waals surface area contributed by atoms with Gasteiger partial charge in [0.1, 0.15) is 0 Å². The summed E-state index contributed by atoms with van der Waals surface area (Å²) in [4.78, 5) is 12.6. The Hall–Kier alpha value is -0.410. The Morgan fingerprint density at radius 1 is 1.21 bits per heavy atom. The minimum absolute atomic E-state index is 0.147. The van der Waals surface area contributed by atoms with E-state index >= 15 is 0 Å². The number of ketones is 1. The summed E-state index contributed by atoms with van der Waals surface area (Å²) in [5, 5.41) is 0.629. The van der Waals surface area contributed by atoms with E-state index in [1.54, 1.807) is 0 Å². The topological polar surface area (TPSA) is 17.1 Å². The van der Waals surface area contributed by atoms with Crippen LogP contribution in [0.15, 0.2) is 24.3 Å². The molecule has 1 aliphatic rings. The summed E-state index contributed by atoms with van der Waals surface area (Å²) < 4.78 is 0. The van der Waals surface area contributed by atoms with Crippen molar-refractivity contribution >= 4 is 29.3 Å². The van der Waals surface area contributed by atoms with Crippen molar-refractivity contribution in [1.82, 2.24) is 0 Å². The van der Waals surface area contributed by atoms with Crippen LogP contribution in [0.3, 0.4) is 0 Å². The van der Waals surface area contributed by atoms with Crippen LogP contribution in [-0.2, 0) is 0 Å². The van der Waals surface area contributed by atoms with Crippen LogP contribution < -0.4 is 0 Å². The van der Waals surface area contributed by atoms with Crippen molar-refractivity contribution in [2.24, 2.45) is 0 Å². The van der Waals surface area contributed by atoms with Crippen molar-refractivity contribution < 1.29 is 4.79 Å². The SMILES string of the molecule is CCC1SCCSC1C(=O)c1ccc(C(C)C)cc1. The van der Waals surface area contributed by atoms with Crippen LogP contribution in [0.2, 0.25) is 0 Å². The van der Waals surface area contributed by atoms with Crippen molar-refractivity contribution in [3.63, 3.8) is 0 Å². The number of hydrogen-bond acceptors (Lipinski definition) is 3. The van der Waals surface area contributed by atoms with Gasteiger partial charge in [-0.2, -0.15) is 11.8 Å². The second-order valence-electron chi connectivity index (χ2n) is 5.25. The Kier molecular flexibility index (Phi) is 5.40. The minimum Gasteiger partial charge on any atom is -0.293 e. The molecule has 1 saturated heterocycles. The molecule has 3 heteroatoms. The zero-order chi connectivity index (χ0) is 13.8. The van der Waals surface area contributed by atoms with Crippen LogP contribution in [0, 0.1) is 0 Å². The molecular formula is C16H22OS2. The van der Waals surface area contributed by atoms with Crippen molar-refractivity contribution in [3.8, 4) is 0 Å². The average Bonchev–Trinajstić information content (AvgIpc) is 2.46. The molecule has 1 nitrogen and oxygen atoms in total. The number of thioether (sulfide) groups is 2. The number of carbonyl (C=O) groups excluding carboxylic acids is 1. The van der Waals surface area contributed by atoms with E-state index in [2.05, 4.69) is 32.9 Å². The molecule has 0 bridgehead atoms. The minimum atomic E-state index is 0.147. The Bertz CT molecular complexity index is 425. The van der Waals surface area contributed by atoms with E-state index < -0.39 is 0 Å². The summed E-state index contributed by atoms with van der Waals surface area (Å²) in [5.74, 6) is 3.12. The molecule has 104 valence electrons. The van der Waals surface area contributed by atoms with Crippen LogP contribution in [0.25, 0.3) is 0 Å². The highest BCUT2D eigenvalue weighted by atomic mass is 32.2. The van der Waals surface area contributed by atoms with Gasteiger partial charge in [0.15, 0.2) is 5.78 Å². The zero-order valence-electron chi connectivity index (χ0n) is 11.9. The van der Waals surface area contributed by atoms with E-state index in [1.807, 2.05) is 35.7 Å². The van der Waals surface area contributed by atoms with Gasteiger partial charge in [0, 0.05) is 22.3 Å². The van der Waals surface area contributed by atoms with Gasteiger partial charge in [0.05, 0.1) is 5.25 Å². The standard InChI is InChI=1S/C16H22OS2/c1-4-14-16(19-10-9-18-14)15(17)13-7-5-12(6-8-13)11(2)3/h5-8,11,14,16H,4,9-10H2,1-3H3. The summed E-state index contributed by atoms with van der Waals surface area (Å²) in [7, 11) is 0. The maximum absolute atomic E-state index is 12.6. The number of hydrogen-bond donors (Lipinski definition) is 0. The van der Waals surface area contributed by atoms with Gasteiger partial charge in [-0.25, -0.2) is 0 Å². The largest absolute Gasteiger partial charge is 0.293 e. The van der Waals surface area contributed by atoms with E-state index in [1.165, 1.54) is 11.3 Å². The first kappa shape index (κ1) is 15.0. The molecule has 0 aliphatic carbocycles. The molecule has 0 amide bonds. The predicted molar refractivity (Wildman–Crippen MR) is 87.6 cm³/mol. The zero-order valence-corrected chi connectivity index (χ0v) is 13.5. The Labute approximate surface area is 124 Å². The first-order valence-corrected chi connectivity index (χ1v) is 9.10. The van der Waals surface area contributed by atoms with E-state index in [-0.39, 0.29) is 5.25 Å². The molecule has 0 radical (unpaired) electrons. The lowest BCUT2D eigenvalue weighted by Crippen LogP contribution is -2.32. The van der Waals surface area contributed by atoms with Gasteiger partial charge < -0.3 is 0 Å². The van der Waals surface area contributed by atoms with Crippen LogP contribution in [0.5, 0.6) is 0 Å². The highest BCUT2D eigenvalue weighted by Crippen LogP contribution is 2.35. The van der Waals surface area contributed by atoms with Gasteiger partial charge in [-0.15, -0.1) is 11.8 Å². The Morgan fingerprint density at radius 2 is 1.84 bits per heavy atom. The molecule has 2 unspecified atom stereocenters. The summed E-state index contributed by atoms with van der Waals surface area (Å²) in [5.41, 5.74) is 2.18. The van der Waals surface area contributed by atoms with Crippen molar-refractivity contribution in [2.75, 3.05) is 11.5 Å².